The number of aromatic nitrogens is 4. The van der Waals surface area contributed by atoms with Gasteiger partial charge in [0.15, 0.2) is 0 Å². The van der Waals surface area contributed by atoms with Gasteiger partial charge in [-0.05, 0) is 31.9 Å². The smallest absolute Gasteiger partial charge is 0.302 e. The van der Waals surface area contributed by atoms with Crippen LogP contribution in [0.3, 0.4) is 0 Å². The van der Waals surface area contributed by atoms with Crippen molar-refractivity contribution < 1.29 is 14.3 Å². The molecule has 1 aliphatic heterocycles. The minimum Gasteiger partial charge on any atom is -0.418 e. The number of nitrogens with zero attached hydrogens (tertiary/aromatic N) is 6. The van der Waals surface area contributed by atoms with Gasteiger partial charge in [0.05, 0.1) is 12.8 Å². The van der Waals surface area contributed by atoms with Crippen LogP contribution in [0.5, 0.6) is 0 Å². The largest absolute Gasteiger partial charge is 0.418 e. The van der Waals surface area contributed by atoms with E-state index in [9.17, 15) is 4.79 Å². The van der Waals surface area contributed by atoms with E-state index in [1.807, 2.05) is 32.0 Å². The Morgan fingerprint density at radius 2 is 1.82 bits per heavy atom. The molecular formula is C22H28N8O3. The van der Waals surface area contributed by atoms with Crippen molar-refractivity contribution in [1.29, 1.82) is 0 Å². The summed E-state index contributed by atoms with van der Waals surface area (Å²) in [4.78, 5) is 34.3. The van der Waals surface area contributed by atoms with Gasteiger partial charge in [0.2, 0.25) is 17.7 Å². The summed E-state index contributed by atoms with van der Waals surface area (Å²) in [5, 5.41) is 14.9. The maximum Gasteiger partial charge on any atom is 0.302 e. The lowest BCUT2D eigenvalue weighted by Crippen LogP contribution is -2.47. The summed E-state index contributed by atoms with van der Waals surface area (Å²) < 4.78 is 5.59. The highest BCUT2D eigenvalue weighted by Crippen LogP contribution is 2.22. The van der Waals surface area contributed by atoms with Crippen LogP contribution in [0.25, 0.3) is 0 Å². The van der Waals surface area contributed by atoms with E-state index in [1.54, 1.807) is 6.92 Å². The molecule has 11 nitrogen and oxygen atoms in total. The highest BCUT2D eigenvalue weighted by molar-refractivity contribution is 6.03. The summed E-state index contributed by atoms with van der Waals surface area (Å²) >= 11 is 0. The van der Waals surface area contributed by atoms with Crippen molar-refractivity contribution in [2.45, 2.75) is 20.8 Å². The second kappa shape index (κ2) is 9.92. The first kappa shape index (κ1) is 22.6. The summed E-state index contributed by atoms with van der Waals surface area (Å²) in [7, 11) is 0. The molecule has 174 valence electrons. The van der Waals surface area contributed by atoms with Gasteiger partial charge in [-0.1, -0.05) is 18.2 Å². The van der Waals surface area contributed by atoms with Gasteiger partial charge >= 0.3 is 6.01 Å². The Morgan fingerprint density at radius 3 is 2.52 bits per heavy atom. The normalized spacial score (nSPS) is 14.4. The maximum atomic E-state index is 12.6. The van der Waals surface area contributed by atoms with Crippen molar-refractivity contribution in [3.8, 4) is 0 Å². The number of aliphatic hydroxyl groups is 1. The van der Waals surface area contributed by atoms with Crippen LogP contribution in [0.15, 0.2) is 28.8 Å². The number of aliphatic hydroxyl groups excluding tert-OH is 1. The van der Waals surface area contributed by atoms with Crippen molar-refractivity contribution in [3.63, 3.8) is 0 Å². The minimum atomic E-state index is -0.388. The lowest BCUT2D eigenvalue weighted by molar-refractivity contribution is 0.0997. The van der Waals surface area contributed by atoms with E-state index in [-0.39, 0.29) is 24.3 Å². The molecule has 3 aromatic rings. The van der Waals surface area contributed by atoms with Gasteiger partial charge in [0.1, 0.15) is 5.82 Å². The average Bonchev–Trinajstić information content (AvgIpc) is 3.25. The Kier molecular flexibility index (Phi) is 6.80. The van der Waals surface area contributed by atoms with Crippen molar-refractivity contribution >= 4 is 29.5 Å². The van der Waals surface area contributed by atoms with Gasteiger partial charge in [0.25, 0.3) is 5.91 Å². The Balaban J connectivity index is 1.43. The van der Waals surface area contributed by atoms with Crippen LogP contribution < -0.4 is 15.5 Å². The SMILES string of the molecule is Cc1nc(Nc2ncc(C(=O)Nc3c(C)cccc3C)o2)nc(N2CCN(CCO)CC2)n1. The van der Waals surface area contributed by atoms with Crippen molar-refractivity contribution in [1.82, 2.24) is 24.8 Å². The molecule has 1 amide bonds. The number of nitrogens with one attached hydrogen (secondary N) is 2. The van der Waals surface area contributed by atoms with E-state index in [0.717, 1.165) is 43.0 Å². The number of para-hydroxylation sites is 1. The lowest BCUT2D eigenvalue weighted by Gasteiger charge is -2.34. The molecule has 0 aliphatic carbocycles. The molecule has 3 N–H and O–H groups in total. The van der Waals surface area contributed by atoms with Crippen LogP contribution in [-0.4, -0.2) is 75.2 Å². The fourth-order valence-corrected chi connectivity index (χ4v) is 3.70. The second-order valence-electron chi connectivity index (χ2n) is 7.93. The minimum absolute atomic E-state index is 0.0751. The predicted octanol–water partition coefficient (Wildman–Crippen LogP) is 1.90. The van der Waals surface area contributed by atoms with E-state index in [1.165, 1.54) is 6.20 Å². The number of carbonyl (C=O) groups excluding carboxylic acids is 1. The quantitative estimate of drug-likeness (QED) is 0.488. The topological polar surface area (TPSA) is 133 Å². The molecule has 0 unspecified atom stereocenters. The third-order valence-corrected chi connectivity index (χ3v) is 5.47. The number of rotatable bonds is 7. The number of oxazole rings is 1. The fraction of sp³-hybridized carbons (Fsp3) is 0.409. The highest BCUT2D eigenvalue weighted by atomic mass is 16.4. The van der Waals surface area contributed by atoms with E-state index in [0.29, 0.717) is 24.3 Å². The molecule has 2 aromatic heterocycles. The van der Waals surface area contributed by atoms with Gasteiger partial charge in [-0.15, -0.1) is 0 Å². The summed E-state index contributed by atoms with van der Waals surface area (Å²) in [6.07, 6.45) is 1.36. The van der Waals surface area contributed by atoms with Crippen LogP contribution in [0, 0.1) is 20.8 Å². The molecule has 1 fully saturated rings. The maximum absolute atomic E-state index is 12.6. The fourth-order valence-electron chi connectivity index (χ4n) is 3.70. The van der Waals surface area contributed by atoms with E-state index in [2.05, 4.69) is 40.4 Å². The highest BCUT2D eigenvalue weighted by Gasteiger charge is 2.20. The molecule has 1 aromatic carbocycles. The average molecular weight is 453 g/mol. The number of piperazine rings is 1. The molecule has 0 saturated carbocycles. The van der Waals surface area contributed by atoms with E-state index in [4.69, 9.17) is 9.52 Å². The van der Waals surface area contributed by atoms with Crippen molar-refractivity contribution in [2.24, 2.45) is 0 Å². The number of hydrogen-bond acceptors (Lipinski definition) is 10. The van der Waals surface area contributed by atoms with Gasteiger partial charge < -0.3 is 19.7 Å². The molecule has 0 atom stereocenters. The van der Waals surface area contributed by atoms with Gasteiger partial charge in [-0.25, -0.2) is 4.98 Å². The Hall–Kier alpha value is -3.57. The Labute approximate surface area is 191 Å². The first-order chi connectivity index (χ1) is 15.9. The Morgan fingerprint density at radius 1 is 1.09 bits per heavy atom. The van der Waals surface area contributed by atoms with Crippen LogP contribution in [0.2, 0.25) is 0 Å². The number of aryl methyl sites for hydroxylation is 3. The summed E-state index contributed by atoms with van der Waals surface area (Å²) in [5.41, 5.74) is 2.68. The zero-order valence-electron chi connectivity index (χ0n) is 19.0. The van der Waals surface area contributed by atoms with Crippen LogP contribution in [0.1, 0.15) is 27.5 Å². The third kappa shape index (κ3) is 5.44. The number of hydrogen-bond donors (Lipinski definition) is 3. The zero-order valence-corrected chi connectivity index (χ0v) is 19.0. The number of β-amino-alcohol motifs (C(OH)–C–C–N with tert-alkyl or cyclic N) is 1. The van der Waals surface area contributed by atoms with E-state index < -0.39 is 0 Å². The zero-order chi connectivity index (χ0) is 23.4. The van der Waals surface area contributed by atoms with E-state index >= 15 is 0 Å². The van der Waals surface area contributed by atoms with Gasteiger partial charge in [-0.2, -0.15) is 15.0 Å². The first-order valence-corrected chi connectivity index (χ1v) is 10.8. The summed E-state index contributed by atoms with van der Waals surface area (Å²) in [6.45, 7) is 9.64. The third-order valence-electron chi connectivity index (χ3n) is 5.47. The summed E-state index contributed by atoms with van der Waals surface area (Å²) in [5.74, 6) is 1.10. The molecule has 33 heavy (non-hydrogen) atoms. The standard InChI is InChI=1S/C22H28N8O3/c1-14-5-4-6-15(2)18(14)26-19(32)17-13-23-22(33-17)28-20-24-16(3)25-21(27-20)30-9-7-29(8-10-30)11-12-31/h4-6,13,31H,7-12H2,1-3H3,(H,26,32)(H,23,24,25,27,28). The van der Waals surface area contributed by atoms with Crippen molar-refractivity contribution in [2.75, 3.05) is 54.9 Å². The second-order valence-corrected chi connectivity index (χ2v) is 7.93. The predicted molar refractivity (Wildman–Crippen MR) is 124 cm³/mol. The molecule has 4 rings (SSSR count). The van der Waals surface area contributed by atoms with Gasteiger partial charge in [0, 0.05) is 38.4 Å². The summed E-state index contributed by atoms with van der Waals surface area (Å²) in [6, 6.07) is 5.93. The molecule has 3 heterocycles. The lowest BCUT2D eigenvalue weighted by atomic mass is 10.1. The molecule has 0 radical (unpaired) electrons. The van der Waals surface area contributed by atoms with Crippen LogP contribution in [0.4, 0.5) is 23.6 Å². The first-order valence-electron chi connectivity index (χ1n) is 10.8. The molecule has 0 bridgehead atoms. The molecule has 0 spiro atoms. The number of amides is 1. The van der Waals surface area contributed by atoms with Crippen LogP contribution in [-0.2, 0) is 0 Å². The molecule has 1 aliphatic rings. The molecule has 11 heteroatoms. The number of carbonyl (C=O) groups is 1. The number of anilines is 4. The monoisotopic (exact) mass is 452 g/mol. The van der Waals surface area contributed by atoms with Gasteiger partial charge in [-0.3, -0.25) is 15.0 Å². The Bertz CT molecular complexity index is 1100. The molecular weight excluding hydrogens is 424 g/mol. The van der Waals surface area contributed by atoms with Crippen LogP contribution >= 0.6 is 0 Å². The van der Waals surface area contributed by atoms with Crippen molar-refractivity contribution in [3.05, 3.63) is 47.1 Å². The molecule has 1 saturated heterocycles. The number of benzene rings is 1.